The molecule has 0 aliphatic carbocycles. The molecule has 1 aliphatic heterocycles. The number of hydrogen-bond acceptors (Lipinski definition) is 3. The van der Waals surface area contributed by atoms with Crippen molar-refractivity contribution in [1.82, 2.24) is 0 Å². The first-order valence-electron chi connectivity index (χ1n) is 8.15. The molecular weight excluding hydrogens is 302 g/mol. The second-order valence-electron chi connectivity index (χ2n) is 6.25. The largest absolute Gasteiger partial charge is 0.396 e. The summed E-state index contributed by atoms with van der Waals surface area (Å²) >= 11 is 0. The fraction of sp³-hybridized carbons (Fsp3) is 0.300. The highest BCUT2D eigenvalue weighted by Gasteiger charge is 2.44. The Morgan fingerprint density at radius 1 is 1.21 bits per heavy atom. The fourth-order valence-electron chi connectivity index (χ4n) is 3.56. The van der Waals surface area contributed by atoms with Crippen LogP contribution in [0.25, 0.3) is 0 Å². The van der Waals surface area contributed by atoms with Crippen molar-refractivity contribution in [1.29, 1.82) is 0 Å². The highest BCUT2D eigenvalue weighted by Crippen LogP contribution is 2.40. The van der Waals surface area contributed by atoms with E-state index < -0.39 is 6.04 Å². The average molecular weight is 323 g/mol. The number of fused-ring (bicyclic) bond motifs is 1. The van der Waals surface area contributed by atoms with Crippen LogP contribution in [-0.4, -0.2) is 29.4 Å². The minimum absolute atomic E-state index is 0.0372. The van der Waals surface area contributed by atoms with E-state index in [9.17, 15) is 14.7 Å². The van der Waals surface area contributed by atoms with Crippen molar-refractivity contribution in [2.24, 2.45) is 0 Å². The Morgan fingerprint density at radius 3 is 2.54 bits per heavy atom. The van der Waals surface area contributed by atoms with Crippen LogP contribution >= 0.6 is 0 Å². The van der Waals surface area contributed by atoms with E-state index in [1.165, 1.54) is 6.92 Å². The summed E-state index contributed by atoms with van der Waals surface area (Å²) in [5.74, 6) is -0.443. The third-order valence-corrected chi connectivity index (χ3v) is 4.61. The highest BCUT2D eigenvalue weighted by molar-refractivity contribution is 6.18. The summed E-state index contributed by atoms with van der Waals surface area (Å²) in [5.41, 5.74) is 3.21. The molecule has 0 radical (unpaired) electrons. The van der Waals surface area contributed by atoms with Gasteiger partial charge in [0.15, 0.2) is 5.78 Å². The normalized spacial score (nSPS) is 17.7. The number of aliphatic hydroxyl groups is 1. The average Bonchev–Trinajstić information content (AvgIpc) is 2.86. The molecule has 0 fully saturated rings. The molecule has 4 nitrogen and oxygen atoms in total. The van der Waals surface area contributed by atoms with Gasteiger partial charge in [-0.05, 0) is 31.0 Å². The SMILES string of the molecule is CC(=O)N1c2ccc(C)cc2C(=O)[C@H]1[C@@H](CCO)c1ccccc1. The summed E-state index contributed by atoms with van der Waals surface area (Å²) in [7, 11) is 0. The van der Waals surface area contributed by atoms with E-state index in [2.05, 4.69) is 0 Å². The van der Waals surface area contributed by atoms with Crippen molar-refractivity contribution in [3.63, 3.8) is 0 Å². The number of benzene rings is 2. The molecule has 2 atom stereocenters. The summed E-state index contributed by atoms with van der Waals surface area (Å²) in [4.78, 5) is 27.0. The lowest BCUT2D eigenvalue weighted by molar-refractivity contribution is -0.116. The van der Waals surface area contributed by atoms with E-state index >= 15 is 0 Å². The van der Waals surface area contributed by atoms with E-state index in [1.807, 2.05) is 55.5 Å². The molecule has 0 aromatic heterocycles. The molecule has 1 heterocycles. The predicted octanol–water partition coefficient (Wildman–Crippen LogP) is 3.08. The van der Waals surface area contributed by atoms with Crippen LogP contribution in [0.3, 0.4) is 0 Å². The van der Waals surface area contributed by atoms with Crippen LogP contribution in [0.15, 0.2) is 48.5 Å². The monoisotopic (exact) mass is 323 g/mol. The number of nitrogens with zero attached hydrogens (tertiary/aromatic N) is 1. The number of carbonyl (C=O) groups excluding carboxylic acids is 2. The first kappa shape index (κ1) is 16.4. The highest BCUT2D eigenvalue weighted by atomic mass is 16.3. The third-order valence-electron chi connectivity index (χ3n) is 4.61. The summed E-state index contributed by atoms with van der Waals surface area (Å²) in [6.07, 6.45) is 0.428. The van der Waals surface area contributed by atoms with E-state index in [-0.39, 0.29) is 24.2 Å². The van der Waals surface area contributed by atoms with E-state index in [0.29, 0.717) is 17.7 Å². The summed E-state index contributed by atoms with van der Waals surface area (Å²) in [5, 5.41) is 9.52. The van der Waals surface area contributed by atoms with Gasteiger partial charge in [0.25, 0.3) is 0 Å². The van der Waals surface area contributed by atoms with E-state index in [1.54, 1.807) is 4.90 Å². The van der Waals surface area contributed by atoms with Crippen molar-refractivity contribution in [2.45, 2.75) is 32.2 Å². The fourth-order valence-corrected chi connectivity index (χ4v) is 3.56. The molecule has 1 amide bonds. The maximum Gasteiger partial charge on any atom is 0.224 e. The quantitative estimate of drug-likeness (QED) is 0.941. The third kappa shape index (κ3) is 2.74. The Labute approximate surface area is 141 Å². The van der Waals surface area contributed by atoms with Gasteiger partial charge in [-0.1, -0.05) is 42.0 Å². The molecule has 24 heavy (non-hydrogen) atoms. The van der Waals surface area contributed by atoms with Crippen LogP contribution < -0.4 is 4.90 Å². The zero-order valence-electron chi connectivity index (χ0n) is 13.9. The van der Waals surface area contributed by atoms with Crippen molar-refractivity contribution in [3.8, 4) is 0 Å². The molecule has 2 aromatic rings. The van der Waals surface area contributed by atoms with E-state index in [4.69, 9.17) is 0 Å². The van der Waals surface area contributed by atoms with Crippen molar-refractivity contribution in [3.05, 3.63) is 65.2 Å². The smallest absolute Gasteiger partial charge is 0.224 e. The second-order valence-corrected chi connectivity index (χ2v) is 6.25. The van der Waals surface area contributed by atoms with Gasteiger partial charge in [0, 0.05) is 25.0 Å². The van der Waals surface area contributed by atoms with Crippen LogP contribution in [0, 0.1) is 6.92 Å². The minimum atomic E-state index is -0.603. The number of aryl methyl sites for hydroxylation is 1. The molecule has 0 spiro atoms. The van der Waals surface area contributed by atoms with Gasteiger partial charge in [0.05, 0.1) is 5.69 Å². The van der Waals surface area contributed by atoms with Crippen LogP contribution in [0.2, 0.25) is 0 Å². The number of hydrogen-bond donors (Lipinski definition) is 1. The zero-order valence-corrected chi connectivity index (χ0v) is 13.9. The van der Waals surface area contributed by atoms with Gasteiger partial charge in [-0.25, -0.2) is 0 Å². The topological polar surface area (TPSA) is 57.6 Å². The predicted molar refractivity (Wildman–Crippen MR) is 93.3 cm³/mol. The van der Waals surface area contributed by atoms with Gasteiger partial charge in [-0.2, -0.15) is 0 Å². The summed E-state index contributed by atoms with van der Waals surface area (Å²) in [6.45, 7) is 3.38. The maximum absolute atomic E-state index is 13.1. The number of carbonyl (C=O) groups is 2. The first-order chi connectivity index (χ1) is 11.5. The van der Waals surface area contributed by atoms with Gasteiger partial charge in [-0.15, -0.1) is 0 Å². The van der Waals surface area contributed by atoms with Crippen LogP contribution in [0.5, 0.6) is 0 Å². The van der Waals surface area contributed by atoms with Crippen molar-refractivity contribution >= 4 is 17.4 Å². The minimum Gasteiger partial charge on any atom is -0.396 e. The van der Waals surface area contributed by atoms with Gasteiger partial charge < -0.3 is 10.0 Å². The van der Waals surface area contributed by atoms with Crippen molar-refractivity contribution < 1.29 is 14.7 Å². The van der Waals surface area contributed by atoms with Gasteiger partial charge in [-0.3, -0.25) is 9.59 Å². The van der Waals surface area contributed by atoms with Gasteiger partial charge in [0.1, 0.15) is 6.04 Å². The molecule has 124 valence electrons. The maximum atomic E-state index is 13.1. The van der Waals surface area contributed by atoms with Gasteiger partial charge in [0.2, 0.25) is 5.91 Å². The molecule has 4 heteroatoms. The van der Waals surface area contributed by atoms with Crippen LogP contribution in [-0.2, 0) is 4.79 Å². The van der Waals surface area contributed by atoms with Gasteiger partial charge >= 0.3 is 0 Å². The number of ketones is 1. The number of rotatable bonds is 4. The molecule has 1 aliphatic rings. The summed E-state index contributed by atoms with van der Waals surface area (Å²) < 4.78 is 0. The number of amides is 1. The number of aliphatic hydroxyl groups excluding tert-OH is 1. The molecule has 2 aromatic carbocycles. The van der Waals surface area contributed by atoms with Crippen LogP contribution in [0.4, 0.5) is 5.69 Å². The Kier molecular flexibility index (Phi) is 4.49. The number of Topliss-reactive ketones (excluding diaryl/α,β-unsaturated/α-hetero) is 1. The lowest BCUT2D eigenvalue weighted by atomic mass is 9.86. The molecule has 1 N–H and O–H groups in total. The Bertz CT molecular complexity index is 770. The first-order valence-corrected chi connectivity index (χ1v) is 8.15. The van der Waals surface area contributed by atoms with E-state index in [0.717, 1.165) is 11.1 Å². The second kappa shape index (κ2) is 6.57. The molecule has 3 rings (SSSR count). The molecular formula is C20H21NO3. The molecule has 0 saturated carbocycles. The molecule has 0 unspecified atom stereocenters. The standard InChI is InChI=1S/C20H21NO3/c1-13-8-9-18-17(12-13)20(24)19(21(18)14(2)23)16(10-11-22)15-6-4-3-5-7-15/h3-9,12,16,19,22H,10-11H2,1-2H3/t16-,19+/m0/s1. The lowest BCUT2D eigenvalue weighted by Crippen LogP contribution is -2.43. The lowest BCUT2D eigenvalue weighted by Gasteiger charge is -2.30. The number of anilines is 1. The van der Waals surface area contributed by atoms with Crippen molar-refractivity contribution in [2.75, 3.05) is 11.5 Å². The Balaban J connectivity index is 2.11. The molecule has 0 saturated heterocycles. The van der Waals surface area contributed by atoms with Crippen LogP contribution in [0.1, 0.15) is 40.7 Å². The zero-order chi connectivity index (χ0) is 17.3. The Hall–Kier alpha value is -2.46. The Morgan fingerprint density at radius 2 is 1.92 bits per heavy atom. The molecule has 0 bridgehead atoms. The summed E-state index contributed by atoms with van der Waals surface area (Å²) in [6, 6.07) is 14.6.